The van der Waals surface area contributed by atoms with E-state index in [1.165, 1.54) is 0 Å². The van der Waals surface area contributed by atoms with Crippen LogP contribution in [0.3, 0.4) is 0 Å². The molecule has 0 amide bonds. The van der Waals surface area contributed by atoms with Crippen molar-refractivity contribution in [1.29, 1.82) is 0 Å². The van der Waals surface area contributed by atoms with Gasteiger partial charge < -0.3 is 96.2 Å². The van der Waals surface area contributed by atoms with Gasteiger partial charge in [-0.15, -0.1) is 0 Å². The van der Waals surface area contributed by atoms with Gasteiger partial charge in [0.1, 0.15) is 0 Å². The third-order valence-corrected chi connectivity index (χ3v) is 0. The first-order chi connectivity index (χ1) is 10.0. The predicted octanol–water partition coefficient (Wildman–Crippen LogP) is -14.1. The first-order valence-corrected chi connectivity index (χ1v) is 11.0. The van der Waals surface area contributed by atoms with Crippen molar-refractivity contribution < 1.29 is 186 Å². The average Bonchev–Trinajstić information content (AvgIpc) is 1.79. The number of hydrogen-bond donors (Lipinski definition) is 0. The molecule has 0 aliphatic heterocycles. The van der Waals surface area contributed by atoms with Gasteiger partial charge in [-0.25, -0.2) is 0 Å². The SMILES string of the molecule is O=P([O-])([O-])[O-].O=P([O-])([O-])[O-].O=P([O-])([O-])[O-].O=P([O-])([O-])[O-].O=P([O-])([O-])[O-].[Np+5].[Np+5].[Np+5]. The largest absolute Gasteiger partial charge is 5.00 e. The zero-order valence-electron chi connectivity index (χ0n) is 11.7. The Hall–Kier alpha value is 3.59. The molecule has 0 unspecified atom stereocenters. The molecule has 0 saturated heterocycles. The van der Waals surface area contributed by atoms with Gasteiger partial charge in [0.25, 0.3) is 0 Å². The third kappa shape index (κ3) is 1880. The van der Waals surface area contributed by atoms with E-state index in [1.54, 1.807) is 0 Å². The van der Waals surface area contributed by atoms with Gasteiger partial charge in [-0.1, -0.05) is 0 Å². The van der Waals surface area contributed by atoms with Gasteiger partial charge in [-0.3, -0.25) is 0 Å². The summed E-state index contributed by atoms with van der Waals surface area (Å²) >= 11 is 0. The molecule has 28 heavy (non-hydrogen) atoms. The quantitative estimate of drug-likeness (QED) is 0.203. The first kappa shape index (κ1) is 53.1. The predicted molar refractivity (Wildman–Crippen MR) is 38.0 cm³/mol. The molecule has 160 valence electrons. The third-order valence-electron chi connectivity index (χ3n) is 0. The van der Waals surface area contributed by atoms with E-state index in [0.29, 0.717) is 0 Å². The molecule has 0 N–H and O–H groups in total. The van der Waals surface area contributed by atoms with Crippen molar-refractivity contribution in [2.45, 2.75) is 0 Å². The molecule has 0 aromatic rings. The van der Waals surface area contributed by atoms with Crippen molar-refractivity contribution in [3.63, 3.8) is 0 Å². The van der Waals surface area contributed by atoms with E-state index in [4.69, 9.17) is 96.2 Å². The summed E-state index contributed by atoms with van der Waals surface area (Å²) in [7, 11) is -26.9. The fraction of sp³-hybridized carbons (Fsp3) is 0. The van der Waals surface area contributed by atoms with Crippen LogP contribution in [0.2, 0.25) is 0 Å². The van der Waals surface area contributed by atoms with Crippen LogP contribution >= 0.6 is 39.1 Å². The summed E-state index contributed by atoms with van der Waals surface area (Å²) in [6.07, 6.45) is 0. The molecular formula is Np3O20P5. The Kier molecular flexibility index (Phi) is 45.0. The summed E-state index contributed by atoms with van der Waals surface area (Å²) in [5.74, 6) is 0. The second-order valence-corrected chi connectivity index (χ2v) is 6.71. The van der Waals surface area contributed by atoms with Crippen molar-refractivity contribution in [3.8, 4) is 0 Å². The maximum Gasteiger partial charge on any atom is 5.00 e. The molecule has 0 atom stereocenters. The van der Waals surface area contributed by atoms with Crippen LogP contribution in [-0.4, -0.2) is 0 Å². The normalized spacial score (nSPS) is 10.5. The van der Waals surface area contributed by atoms with Gasteiger partial charge in [0.2, 0.25) is 0 Å². The van der Waals surface area contributed by atoms with E-state index in [9.17, 15) is 0 Å². The maximum atomic E-state index is 8.55. The van der Waals surface area contributed by atoms with Gasteiger partial charge in [0.15, 0.2) is 0 Å². The van der Waals surface area contributed by atoms with E-state index in [1.807, 2.05) is 0 Å². The first-order valence-electron chi connectivity index (χ1n) is 3.65. The summed E-state index contributed by atoms with van der Waals surface area (Å²) in [5.41, 5.74) is 0. The molecule has 0 radical (unpaired) electrons. The van der Waals surface area contributed by atoms with Crippen LogP contribution < -0.4 is 73.4 Å². The van der Waals surface area contributed by atoms with Gasteiger partial charge in [0, 0.05) is 0 Å². The Labute approximate surface area is 222 Å². The molecule has 0 aliphatic rings. The van der Waals surface area contributed by atoms with Crippen LogP contribution in [0.5, 0.6) is 0 Å². The van der Waals surface area contributed by atoms with Crippen molar-refractivity contribution in [2.75, 3.05) is 0 Å². The minimum Gasteiger partial charge on any atom is -0.822 e. The summed E-state index contributed by atoms with van der Waals surface area (Å²) in [5, 5.41) is 0. The Morgan fingerprint density at radius 2 is 0.250 bits per heavy atom. The molecular weight excluding hydrogens is 1190 g/mol. The van der Waals surface area contributed by atoms with Crippen LogP contribution in [0.15, 0.2) is 0 Å². The topological polar surface area (TPSA) is 431 Å². The average molecular weight is 1190 g/mol. The Morgan fingerprint density at radius 1 is 0.250 bits per heavy atom. The van der Waals surface area contributed by atoms with Crippen LogP contribution in [0, 0.1) is 89.8 Å². The zero-order chi connectivity index (χ0) is 22.5. The van der Waals surface area contributed by atoms with Crippen molar-refractivity contribution in [3.05, 3.63) is 0 Å². The van der Waals surface area contributed by atoms with E-state index in [0.717, 1.165) is 0 Å². The molecule has 0 spiro atoms. The van der Waals surface area contributed by atoms with Crippen molar-refractivity contribution >= 4 is 39.1 Å². The molecule has 0 rings (SSSR count). The number of phosphoric acid groups is 5. The molecule has 0 heterocycles. The summed E-state index contributed by atoms with van der Waals surface area (Å²) in [6, 6.07) is 0. The van der Waals surface area contributed by atoms with Gasteiger partial charge in [-0.05, 0) is 0 Å². The second-order valence-electron chi connectivity index (χ2n) is 2.24. The Morgan fingerprint density at radius 3 is 0.250 bits per heavy atom. The minimum atomic E-state index is -5.39. The smallest absolute Gasteiger partial charge is 0.822 e. The molecule has 0 aromatic heterocycles. The van der Waals surface area contributed by atoms with E-state index in [-0.39, 0.29) is 89.8 Å². The van der Waals surface area contributed by atoms with Gasteiger partial charge in [0.05, 0.1) is 0 Å². The van der Waals surface area contributed by atoms with Gasteiger partial charge >= 0.3 is 89.8 Å². The molecule has 0 aromatic carbocycles. The summed E-state index contributed by atoms with van der Waals surface area (Å²) in [6.45, 7) is 0. The molecule has 20 nitrogen and oxygen atoms in total. The van der Waals surface area contributed by atoms with Crippen molar-refractivity contribution in [1.82, 2.24) is 0 Å². The summed E-state index contributed by atoms with van der Waals surface area (Å²) in [4.78, 5) is 128. The fourth-order valence-electron chi connectivity index (χ4n) is 0. The summed E-state index contributed by atoms with van der Waals surface area (Å²) < 4.78 is 42.7. The zero-order valence-corrected chi connectivity index (χ0v) is 27.4. The van der Waals surface area contributed by atoms with Crippen LogP contribution in [-0.2, 0) is 22.8 Å². The molecule has 0 bridgehead atoms. The Balaban J connectivity index is -0.0000000290. The molecule has 0 fully saturated rings. The van der Waals surface area contributed by atoms with E-state index >= 15 is 0 Å². The number of rotatable bonds is 0. The molecule has 0 saturated carbocycles. The monoisotopic (exact) mass is 1180 g/mol. The van der Waals surface area contributed by atoms with E-state index in [2.05, 4.69) is 0 Å². The van der Waals surface area contributed by atoms with Crippen molar-refractivity contribution in [2.24, 2.45) is 0 Å². The minimum absolute atomic E-state index is 0. The number of hydrogen-bond acceptors (Lipinski definition) is 20. The maximum absolute atomic E-state index is 8.55. The molecule has 0 aliphatic carbocycles. The Bertz CT molecular complexity index is 379. The van der Waals surface area contributed by atoms with E-state index < -0.39 is 39.1 Å². The second kappa shape index (κ2) is 23.7. The van der Waals surface area contributed by atoms with Crippen LogP contribution in [0.4, 0.5) is 0 Å². The van der Waals surface area contributed by atoms with Crippen LogP contribution in [0.1, 0.15) is 0 Å². The fourth-order valence-corrected chi connectivity index (χ4v) is 0. The standard InChI is InChI=1S/3Np.5H3O4P/c;;;5*1-5(2,3)4/h;;;5*(H3,1,2,3,4)/q3*+5;;;;;/p-15. The molecule has 28 heteroatoms. The van der Waals surface area contributed by atoms with Gasteiger partial charge in [-0.2, -0.15) is 39.1 Å². The van der Waals surface area contributed by atoms with Crippen LogP contribution in [0.25, 0.3) is 0 Å².